The minimum Gasteiger partial charge on any atom is -0.509 e. The zero-order valence-corrected chi connectivity index (χ0v) is 18.5. The van der Waals surface area contributed by atoms with E-state index in [0.29, 0.717) is 5.75 Å². The Kier molecular flexibility index (Phi) is 4.80. The standard InChI is InChI=1S/C28H27NO4/c1-33-28-23-16(13-22(31)27(28)32)7-8-17-18-9-11-20(29-14-15-5-3-2-4-6-15)26-21(30)12-10-19(24(17)23)25(18)26/h2-8,10,12-13,20,24,27-32H,9,11,14H2,1H3. The first-order valence-corrected chi connectivity index (χ1v) is 11.5. The molecule has 4 unspecified atom stereocenters. The Morgan fingerprint density at radius 2 is 1.88 bits per heavy atom. The maximum atomic E-state index is 10.9. The van der Waals surface area contributed by atoms with Crippen molar-refractivity contribution in [3.63, 3.8) is 0 Å². The molecule has 33 heavy (non-hydrogen) atoms. The number of hydrogen-bond donors (Lipinski definition) is 4. The Labute approximate surface area is 193 Å². The summed E-state index contributed by atoms with van der Waals surface area (Å²) in [6.45, 7) is 0.737. The molecule has 0 saturated heterocycles. The highest BCUT2D eigenvalue weighted by Crippen LogP contribution is 2.58. The Hall–Kier alpha value is -3.12. The number of aliphatic hydroxyl groups is 2. The van der Waals surface area contributed by atoms with Gasteiger partial charge in [0, 0.05) is 31.2 Å². The van der Waals surface area contributed by atoms with E-state index in [-0.39, 0.29) is 17.7 Å². The average molecular weight is 442 g/mol. The highest BCUT2D eigenvalue weighted by Gasteiger charge is 2.45. The van der Waals surface area contributed by atoms with Crippen molar-refractivity contribution in [2.75, 3.05) is 7.11 Å². The third kappa shape index (κ3) is 3.04. The summed E-state index contributed by atoms with van der Waals surface area (Å²) < 4.78 is 5.69. The van der Waals surface area contributed by atoms with Crippen LogP contribution in [0.3, 0.4) is 0 Å². The quantitative estimate of drug-likeness (QED) is 0.559. The monoisotopic (exact) mass is 441 g/mol. The van der Waals surface area contributed by atoms with Crippen LogP contribution in [0.25, 0.3) is 5.57 Å². The molecule has 0 fully saturated rings. The van der Waals surface area contributed by atoms with Gasteiger partial charge in [0.05, 0.1) is 0 Å². The lowest BCUT2D eigenvalue weighted by Crippen LogP contribution is -2.37. The molecule has 5 heteroatoms. The molecule has 2 aromatic rings. The summed E-state index contributed by atoms with van der Waals surface area (Å²) in [6, 6.07) is 14.2. The number of rotatable bonds is 4. The Balaban J connectivity index is 1.45. The molecule has 0 aliphatic heterocycles. The first-order chi connectivity index (χ1) is 16.1. The molecule has 0 aromatic heterocycles. The van der Waals surface area contributed by atoms with E-state index < -0.39 is 12.2 Å². The number of allylic oxidation sites excluding steroid dienone is 6. The molecule has 168 valence electrons. The maximum Gasteiger partial charge on any atom is 0.141 e. The minimum absolute atomic E-state index is 0.0498. The SMILES string of the molecule is COC1C2=C(C=CC3=C4CCC(NCc5ccccc5)c5c(O)ccc(c54)C32)C=C(O)C1O. The van der Waals surface area contributed by atoms with Crippen molar-refractivity contribution >= 4 is 5.57 Å². The van der Waals surface area contributed by atoms with E-state index in [1.165, 1.54) is 16.7 Å². The fourth-order valence-corrected chi connectivity index (χ4v) is 6.05. The second kappa shape index (κ2) is 7.73. The summed E-state index contributed by atoms with van der Waals surface area (Å²) in [5.74, 6) is 0.196. The Morgan fingerprint density at radius 3 is 2.67 bits per heavy atom. The molecule has 0 saturated carbocycles. The van der Waals surface area contributed by atoms with Crippen molar-refractivity contribution in [3.05, 3.63) is 105 Å². The molecule has 0 bridgehead atoms. The van der Waals surface area contributed by atoms with Gasteiger partial charge in [-0.05, 0) is 64.0 Å². The molecule has 4 N–H and O–H groups in total. The molecule has 0 spiro atoms. The van der Waals surface area contributed by atoms with Crippen LogP contribution in [-0.4, -0.2) is 34.6 Å². The normalized spacial score (nSPS) is 27.3. The van der Waals surface area contributed by atoms with Crippen LogP contribution in [0.2, 0.25) is 0 Å². The van der Waals surface area contributed by atoms with Gasteiger partial charge in [0.2, 0.25) is 0 Å². The lowest BCUT2D eigenvalue weighted by atomic mass is 9.75. The van der Waals surface area contributed by atoms with Gasteiger partial charge < -0.3 is 25.4 Å². The molecule has 0 amide bonds. The van der Waals surface area contributed by atoms with Crippen LogP contribution in [0, 0.1) is 0 Å². The molecule has 5 nitrogen and oxygen atoms in total. The number of ether oxygens (including phenoxy) is 1. The molecule has 0 radical (unpaired) electrons. The summed E-state index contributed by atoms with van der Waals surface area (Å²) in [4.78, 5) is 0. The highest BCUT2D eigenvalue weighted by atomic mass is 16.5. The van der Waals surface area contributed by atoms with E-state index >= 15 is 0 Å². The number of phenolic OH excluding ortho intramolecular Hbond substituents is 1. The average Bonchev–Trinajstić information content (AvgIpc) is 3.16. The zero-order valence-electron chi connectivity index (χ0n) is 18.5. The first-order valence-electron chi connectivity index (χ1n) is 11.5. The molecule has 0 heterocycles. The van der Waals surface area contributed by atoms with Gasteiger partial charge in [0.15, 0.2) is 0 Å². The van der Waals surface area contributed by atoms with E-state index in [9.17, 15) is 15.3 Å². The summed E-state index contributed by atoms with van der Waals surface area (Å²) in [6.07, 6.45) is 5.89. The fraction of sp³-hybridized carbons (Fsp3) is 0.286. The van der Waals surface area contributed by atoms with Crippen LogP contribution in [0.4, 0.5) is 0 Å². The van der Waals surface area contributed by atoms with Crippen LogP contribution < -0.4 is 5.32 Å². The van der Waals surface area contributed by atoms with Crippen molar-refractivity contribution in [2.45, 2.75) is 43.6 Å². The third-order valence-corrected chi connectivity index (χ3v) is 7.49. The summed E-state index contributed by atoms with van der Waals surface area (Å²) >= 11 is 0. The number of benzene rings is 2. The number of phenols is 1. The molecule has 4 atom stereocenters. The molecular formula is C28H27NO4. The number of hydrogen-bond acceptors (Lipinski definition) is 5. The number of methoxy groups -OCH3 is 1. The van der Waals surface area contributed by atoms with Crippen LogP contribution in [0.5, 0.6) is 5.75 Å². The van der Waals surface area contributed by atoms with E-state index in [1.807, 2.05) is 30.3 Å². The van der Waals surface area contributed by atoms with Crippen LogP contribution in [-0.2, 0) is 11.3 Å². The van der Waals surface area contributed by atoms with Gasteiger partial charge >= 0.3 is 0 Å². The van der Waals surface area contributed by atoms with Gasteiger partial charge in [-0.15, -0.1) is 0 Å². The van der Waals surface area contributed by atoms with Gasteiger partial charge in [-0.1, -0.05) is 48.6 Å². The predicted molar refractivity (Wildman–Crippen MR) is 127 cm³/mol. The largest absolute Gasteiger partial charge is 0.509 e. The topological polar surface area (TPSA) is 82.0 Å². The van der Waals surface area contributed by atoms with Crippen molar-refractivity contribution in [1.82, 2.24) is 5.32 Å². The van der Waals surface area contributed by atoms with E-state index in [2.05, 4.69) is 23.5 Å². The van der Waals surface area contributed by atoms with E-state index in [4.69, 9.17) is 4.74 Å². The van der Waals surface area contributed by atoms with Crippen LogP contribution in [0.1, 0.15) is 47.1 Å². The number of aromatic hydroxyl groups is 1. The predicted octanol–water partition coefficient (Wildman–Crippen LogP) is 4.57. The molecule has 6 rings (SSSR count). The number of aliphatic hydroxyl groups excluding tert-OH is 2. The van der Waals surface area contributed by atoms with Crippen molar-refractivity contribution in [3.8, 4) is 5.75 Å². The van der Waals surface area contributed by atoms with Crippen molar-refractivity contribution < 1.29 is 20.1 Å². The first kappa shape index (κ1) is 20.5. The summed E-state index contributed by atoms with van der Waals surface area (Å²) in [5.41, 5.74) is 8.79. The maximum absolute atomic E-state index is 10.9. The Morgan fingerprint density at radius 1 is 1.06 bits per heavy atom. The lowest BCUT2D eigenvalue weighted by molar-refractivity contribution is 0.00451. The minimum atomic E-state index is -1.09. The van der Waals surface area contributed by atoms with E-state index in [0.717, 1.165) is 47.2 Å². The smallest absolute Gasteiger partial charge is 0.141 e. The summed E-state index contributed by atoms with van der Waals surface area (Å²) in [5, 5.41) is 35.5. The second-order valence-corrected chi connectivity index (χ2v) is 9.20. The van der Waals surface area contributed by atoms with Gasteiger partial charge in [-0.3, -0.25) is 0 Å². The molecule has 4 aliphatic rings. The fourth-order valence-electron chi connectivity index (χ4n) is 6.05. The highest BCUT2D eigenvalue weighted by molar-refractivity contribution is 5.88. The summed E-state index contributed by atoms with van der Waals surface area (Å²) in [7, 11) is 1.57. The molecule has 2 aromatic carbocycles. The number of nitrogens with one attached hydrogen (secondary N) is 1. The molecular weight excluding hydrogens is 414 g/mol. The number of fused-ring (bicyclic) bond motifs is 3. The third-order valence-electron chi connectivity index (χ3n) is 7.49. The van der Waals surface area contributed by atoms with E-state index in [1.54, 1.807) is 19.3 Å². The van der Waals surface area contributed by atoms with Gasteiger partial charge in [-0.25, -0.2) is 0 Å². The van der Waals surface area contributed by atoms with Crippen LogP contribution in [0.15, 0.2) is 83.2 Å². The zero-order chi connectivity index (χ0) is 22.7. The van der Waals surface area contributed by atoms with Gasteiger partial charge in [0.1, 0.15) is 23.7 Å². The van der Waals surface area contributed by atoms with Gasteiger partial charge in [0.25, 0.3) is 0 Å². The molecule has 4 aliphatic carbocycles. The van der Waals surface area contributed by atoms with Gasteiger partial charge in [-0.2, -0.15) is 0 Å². The van der Waals surface area contributed by atoms with Crippen molar-refractivity contribution in [1.29, 1.82) is 0 Å². The Bertz CT molecular complexity index is 1250. The second-order valence-electron chi connectivity index (χ2n) is 9.20. The van der Waals surface area contributed by atoms with Crippen LogP contribution >= 0.6 is 0 Å². The van der Waals surface area contributed by atoms with Crippen molar-refractivity contribution in [2.24, 2.45) is 0 Å². The lowest BCUT2D eigenvalue weighted by Gasteiger charge is -2.35.